The lowest BCUT2D eigenvalue weighted by Gasteiger charge is -2.11. The van der Waals surface area contributed by atoms with Crippen LogP contribution in [-0.2, 0) is 0 Å². The minimum atomic E-state index is -0.228. The summed E-state index contributed by atoms with van der Waals surface area (Å²) < 4.78 is 5.17. The Balaban J connectivity index is 1.44. The number of fused-ring (bicyclic) bond motifs is 2. The monoisotopic (exact) mass is 361 g/mol. The number of hydrogen-bond donors (Lipinski definition) is 2. The lowest BCUT2D eigenvalue weighted by molar-refractivity contribution is 0.412. The van der Waals surface area contributed by atoms with E-state index in [-0.39, 0.29) is 11.2 Å². The molecule has 1 unspecified atom stereocenters. The molecule has 6 heteroatoms. The van der Waals surface area contributed by atoms with E-state index in [9.17, 15) is 5.11 Å². The van der Waals surface area contributed by atoms with Crippen molar-refractivity contribution >= 4 is 38.8 Å². The Morgan fingerprint density at radius 2 is 1.88 bits per heavy atom. The molecule has 2 N–H and O–H groups in total. The molecule has 0 saturated carbocycles. The molecule has 5 nitrogen and oxygen atoms in total. The molecule has 26 heavy (non-hydrogen) atoms. The van der Waals surface area contributed by atoms with Crippen LogP contribution in [-0.4, -0.2) is 17.7 Å². The van der Waals surface area contributed by atoms with Crippen LogP contribution in [0.15, 0.2) is 64.8 Å². The van der Waals surface area contributed by atoms with Crippen LogP contribution < -0.4 is 10.1 Å². The predicted molar refractivity (Wildman–Crippen MR) is 104 cm³/mol. The van der Waals surface area contributed by atoms with E-state index in [0.717, 1.165) is 5.70 Å². The number of ether oxygens (including phenoxy) is 1. The van der Waals surface area contributed by atoms with Crippen molar-refractivity contribution in [3.63, 3.8) is 0 Å². The maximum Gasteiger partial charge on any atom is 0.191 e. The van der Waals surface area contributed by atoms with Crippen LogP contribution in [0.3, 0.4) is 0 Å². The zero-order valence-corrected chi connectivity index (χ0v) is 14.7. The van der Waals surface area contributed by atoms with Crippen molar-refractivity contribution in [1.82, 2.24) is 5.32 Å². The average molecular weight is 361 g/mol. The second-order valence-electron chi connectivity index (χ2n) is 6.10. The van der Waals surface area contributed by atoms with Crippen LogP contribution >= 0.6 is 11.8 Å². The molecule has 3 aromatic carbocycles. The summed E-state index contributed by atoms with van der Waals surface area (Å²) in [5.41, 5.74) is 3.73. The minimum absolute atomic E-state index is 0.0770. The van der Waals surface area contributed by atoms with Gasteiger partial charge < -0.3 is 15.2 Å². The van der Waals surface area contributed by atoms with Crippen molar-refractivity contribution in [2.45, 2.75) is 5.50 Å². The summed E-state index contributed by atoms with van der Waals surface area (Å²) in [6.45, 7) is 0. The van der Waals surface area contributed by atoms with Gasteiger partial charge in [-0.25, -0.2) is 0 Å². The fourth-order valence-corrected chi connectivity index (χ4v) is 4.48. The maximum absolute atomic E-state index is 9.95. The molecule has 0 radical (unpaired) electrons. The summed E-state index contributed by atoms with van der Waals surface area (Å²) in [6, 6.07) is 17.6. The highest BCUT2D eigenvalue weighted by atomic mass is 32.2. The van der Waals surface area contributed by atoms with E-state index in [1.807, 2.05) is 0 Å². The lowest BCUT2D eigenvalue weighted by Crippen LogP contribution is -2.16. The number of thioether (sulfide) groups is 1. The largest absolute Gasteiger partial charge is 0.506 e. The first kappa shape index (κ1) is 15.3. The van der Waals surface area contributed by atoms with Crippen LogP contribution in [0.2, 0.25) is 0 Å². The molecule has 0 amide bonds. The molecule has 0 saturated heterocycles. The summed E-state index contributed by atoms with van der Waals surface area (Å²) >= 11 is 1.64. The Morgan fingerprint density at radius 3 is 2.69 bits per heavy atom. The number of hydrogen-bond acceptors (Lipinski definition) is 6. The van der Waals surface area contributed by atoms with Crippen LogP contribution in [0.5, 0.6) is 11.5 Å². The number of benzene rings is 3. The molecule has 0 aromatic heterocycles. The maximum atomic E-state index is 9.95. The van der Waals surface area contributed by atoms with E-state index in [0.29, 0.717) is 11.4 Å². The zero-order valence-electron chi connectivity index (χ0n) is 13.9. The minimum Gasteiger partial charge on any atom is -0.506 e. The topological polar surface area (TPSA) is 66.2 Å². The third kappa shape index (κ3) is 2.26. The van der Waals surface area contributed by atoms with Gasteiger partial charge in [-0.05, 0) is 28.5 Å². The van der Waals surface area contributed by atoms with Gasteiger partial charge >= 0.3 is 0 Å². The van der Waals surface area contributed by atoms with Gasteiger partial charge in [0.1, 0.15) is 17.2 Å². The molecule has 0 bridgehead atoms. The Morgan fingerprint density at radius 1 is 1.08 bits per heavy atom. The second kappa shape index (κ2) is 5.78. The van der Waals surface area contributed by atoms with Crippen LogP contribution in [0.1, 0.15) is 11.1 Å². The summed E-state index contributed by atoms with van der Waals surface area (Å²) in [5.74, 6) is 0.707. The number of methoxy groups -OCH3 is 1. The molecular weight excluding hydrogens is 346 g/mol. The van der Waals surface area contributed by atoms with Crippen molar-refractivity contribution in [3.05, 3.63) is 65.7 Å². The Bertz CT molecular complexity index is 1060. The molecule has 3 aromatic rings. The highest BCUT2D eigenvalue weighted by Gasteiger charge is 2.33. The molecule has 128 valence electrons. The van der Waals surface area contributed by atoms with Gasteiger partial charge in [-0.2, -0.15) is 5.11 Å². The Kier molecular flexibility index (Phi) is 3.39. The highest BCUT2D eigenvalue weighted by Crippen LogP contribution is 2.51. The van der Waals surface area contributed by atoms with Gasteiger partial charge in [-0.1, -0.05) is 48.2 Å². The number of aromatic hydroxyl groups is 1. The molecule has 1 aliphatic carbocycles. The summed E-state index contributed by atoms with van der Waals surface area (Å²) in [6.07, 6.45) is 0. The third-order valence-corrected chi connectivity index (χ3v) is 5.69. The first-order chi connectivity index (χ1) is 12.7. The van der Waals surface area contributed by atoms with Crippen molar-refractivity contribution in [2.75, 3.05) is 7.11 Å². The van der Waals surface area contributed by atoms with E-state index < -0.39 is 0 Å². The fraction of sp³-hybridized carbons (Fsp3) is 0.100. The number of phenolic OH excluding ortho intramolecular Hbond substituents is 1. The van der Waals surface area contributed by atoms with E-state index in [1.165, 1.54) is 26.8 Å². The van der Waals surface area contributed by atoms with Crippen molar-refractivity contribution < 1.29 is 9.84 Å². The number of azo groups is 1. The fourth-order valence-electron chi connectivity index (χ4n) is 3.40. The molecule has 0 spiro atoms. The van der Waals surface area contributed by atoms with E-state index in [4.69, 9.17) is 4.74 Å². The summed E-state index contributed by atoms with van der Waals surface area (Å²) in [7, 11) is 1.58. The van der Waals surface area contributed by atoms with Crippen molar-refractivity contribution in [2.24, 2.45) is 10.2 Å². The number of nitrogens with one attached hydrogen (secondary N) is 1. The predicted octanol–water partition coefficient (Wildman–Crippen LogP) is 5.10. The van der Waals surface area contributed by atoms with Gasteiger partial charge in [0.2, 0.25) is 0 Å². The molecular formula is C20H15N3O2S. The highest BCUT2D eigenvalue weighted by molar-refractivity contribution is 8.09. The lowest BCUT2D eigenvalue weighted by atomic mass is 10.0. The van der Waals surface area contributed by atoms with Crippen LogP contribution in [0.4, 0.5) is 5.69 Å². The van der Waals surface area contributed by atoms with Crippen molar-refractivity contribution in [3.8, 4) is 11.5 Å². The molecule has 2 aliphatic rings. The van der Waals surface area contributed by atoms with Gasteiger partial charge in [-0.15, -0.1) is 5.11 Å². The number of rotatable bonds is 3. The second-order valence-corrected chi connectivity index (χ2v) is 7.19. The molecule has 5 rings (SSSR count). The molecule has 1 aliphatic heterocycles. The van der Waals surface area contributed by atoms with Gasteiger partial charge in [0, 0.05) is 16.5 Å². The summed E-state index contributed by atoms with van der Waals surface area (Å²) in [4.78, 5) is 1.20. The van der Waals surface area contributed by atoms with Crippen molar-refractivity contribution in [1.29, 1.82) is 0 Å². The summed E-state index contributed by atoms with van der Waals surface area (Å²) in [5, 5.41) is 24.5. The first-order valence-corrected chi connectivity index (χ1v) is 9.10. The van der Waals surface area contributed by atoms with Gasteiger partial charge in [0.25, 0.3) is 0 Å². The quantitative estimate of drug-likeness (QED) is 0.637. The van der Waals surface area contributed by atoms with E-state index in [1.54, 1.807) is 37.1 Å². The Hall–Kier alpha value is -2.99. The van der Waals surface area contributed by atoms with Gasteiger partial charge in [0.15, 0.2) is 5.50 Å². The SMILES string of the molecule is COc1ccc(O)c(N=NC2NC3=C(S2)c2cccc4cccc3c24)c1. The third-order valence-electron chi connectivity index (χ3n) is 4.60. The van der Waals surface area contributed by atoms with E-state index in [2.05, 4.69) is 51.9 Å². The number of phenols is 1. The van der Waals surface area contributed by atoms with E-state index >= 15 is 0 Å². The average Bonchev–Trinajstić information content (AvgIpc) is 3.21. The normalized spacial score (nSPS) is 17.8. The zero-order chi connectivity index (χ0) is 17.7. The molecule has 1 heterocycles. The van der Waals surface area contributed by atoms with Gasteiger partial charge in [0.05, 0.1) is 12.8 Å². The standard InChI is InChI=1S/C20H15N3O2S/c1-25-12-8-9-16(24)15(10-12)22-23-20-21-18-13-6-2-4-11-5-3-7-14(17(11)13)19(18)26-20/h2-10,20-21,24H,1H3. The first-order valence-electron chi connectivity index (χ1n) is 8.22. The Labute approximate surface area is 154 Å². The molecule has 0 fully saturated rings. The van der Waals surface area contributed by atoms with Gasteiger partial charge in [-0.3, -0.25) is 0 Å². The van der Waals surface area contributed by atoms with Crippen LogP contribution in [0, 0.1) is 0 Å². The molecule has 1 atom stereocenters. The van der Waals surface area contributed by atoms with Crippen LogP contribution in [0.25, 0.3) is 21.4 Å². The smallest absolute Gasteiger partial charge is 0.191 e. The number of nitrogens with zero attached hydrogens (tertiary/aromatic N) is 2.